The molecule has 1 aliphatic rings. The maximum Gasteiger partial charge on any atom is 0.0565 e. The molecule has 1 atom stereocenters. The van der Waals surface area contributed by atoms with E-state index in [0.29, 0.717) is 5.92 Å². The third-order valence-electron chi connectivity index (χ3n) is 2.11. The van der Waals surface area contributed by atoms with Crippen molar-refractivity contribution in [2.75, 3.05) is 0 Å². The first-order valence-corrected chi connectivity index (χ1v) is 3.52. The van der Waals surface area contributed by atoms with Gasteiger partial charge >= 0.3 is 0 Å². The summed E-state index contributed by atoms with van der Waals surface area (Å²) < 4.78 is 0. The highest BCUT2D eigenvalue weighted by atomic mass is 16.3. The van der Waals surface area contributed by atoms with Gasteiger partial charge in [-0.1, -0.05) is 13.3 Å². The fraction of sp³-hybridized carbons (Fsp3) is 1.00. The molecular formula is C7H14O. The molecule has 1 aliphatic carbocycles. The highest BCUT2D eigenvalue weighted by molar-refractivity contribution is 4.75. The normalized spacial score (nSPS) is 24.8. The van der Waals surface area contributed by atoms with Gasteiger partial charge in [0, 0.05) is 0 Å². The third kappa shape index (κ3) is 1.03. The Morgan fingerprint density at radius 2 is 2.25 bits per heavy atom. The Morgan fingerprint density at radius 1 is 1.62 bits per heavy atom. The molecule has 0 saturated heterocycles. The lowest BCUT2D eigenvalue weighted by Gasteiger charge is -2.29. The van der Waals surface area contributed by atoms with E-state index < -0.39 is 0 Å². The predicted octanol–water partition coefficient (Wildman–Crippen LogP) is 1.56. The maximum absolute atomic E-state index is 9.18. The van der Waals surface area contributed by atoms with E-state index in [0.717, 1.165) is 6.42 Å². The molecule has 0 aliphatic heterocycles. The van der Waals surface area contributed by atoms with E-state index in [1.54, 1.807) is 0 Å². The van der Waals surface area contributed by atoms with Crippen LogP contribution in [0.3, 0.4) is 0 Å². The Bertz CT molecular complexity index is 64.0. The minimum Gasteiger partial charge on any atom is -0.393 e. The summed E-state index contributed by atoms with van der Waals surface area (Å²) in [5, 5.41) is 9.18. The van der Waals surface area contributed by atoms with Crippen LogP contribution in [0.4, 0.5) is 0 Å². The van der Waals surface area contributed by atoms with Crippen molar-refractivity contribution in [3.8, 4) is 0 Å². The SMILES string of the molecule is CCC(O)C1CCC1. The molecule has 0 radical (unpaired) electrons. The van der Waals surface area contributed by atoms with Crippen molar-refractivity contribution in [1.82, 2.24) is 0 Å². The van der Waals surface area contributed by atoms with Gasteiger partial charge in [0.25, 0.3) is 0 Å². The van der Waals surface area contributed by atoms with Crippen molar-refractivity contribution in [2.24, 2.45) is 5.92 Å². The average Bonchev–Trinajstić information content (AvgIpc) is 1.62. The largest absolute Gasteiger partial charge is 0.393 e. The molecule has 1 rings (SSSR count). The molecule has 0 heterocycles. The molecule has 0 aromatic rings. The summed E-state index contributed by atoms with van der Waals surface area (Å²) in [6.45, 7) is 2.04. The van der Waals surface area contributed by atoms with Gasteiger partial charge in [-0.05, 0) is 25.2 Å². The minimum absolute atomic E-state index is 0.00347. The molecule has 8 heavy (non-hydrogen) atoms. The molecular weight excluding hydrogens is 100 g/mol. The second-order valence-corrected chi connectivity index (χ2v) is 2.67. The second-order valence-electron chi connectivity index (χ2n) is 2.67. The topological polar surface area (TPSA) is 20.2 Å². The fourth-order valence-electron chi connectivity index (χ4n) is 1.16. The summed E-state index contributed by atoms with van der Waals surface area (Å²) in [4.78, 5) is 0. The number of aliphatic hydroxyl groups excluding tert-OH is 1. The van der Waals surface area contributed by atoms with Crippen LogP contribution in [0.15, 0.2) is 0 Å². The minimum atomic E-state index is 0.00347. The number of hydrogen-bond acceptors (Lipinski definition) is 1. The Hall–Kier alpha value is -0.0400. The average molecular weight is 114 g/mol. The standard InChI is InChI=1S/C7H14O/c1-2-7(8)6-4-3-5-6/h6-8H,2-5H2,1H3. The van der Waals surface area contributed by atoms with Crippen LogP contribution >= 0.6 is 0 Å². The van der Waals surface area contributed by atoms with Crippen molar-refractivity contribution in [2.45, 2.75) is 38.7 Å². The first-order valence-electron chi connectivity index (χ1n) is 3.52. The highest BCUT2D eigenvalue weighted by Gasteiger charge is 2.23. The lowest BCUT2D eigenvalue weighted by atomic mass is 9.80. The molecule has 0 aromatic heterocycles. The molecule has 1 heteroatoms. The Kier molecular flexibility index (Phi) is 1.90. The van der Waals surface area contributed by atoms with E-state index in [1.807, 2.05) is 6.92 Å². The third-order valence-corrected chi connectivity index (χ3v) is 2.11. The van der Waals surface area contributed by atoms with Crippen LogP contribution in [0.5, 0.6) is 0 Å². The van der Waals surface area contributed by atoms with Crippen molar-refractivity contribution >= 4 is 0 Å². The lowest BCUT2D eigenvalue weighted by Crippen LogP contribution is -2.25. The molecule has 1 fully saturated rings. The number of hydrogen-bond donors (Lipinski definition) is 1. The summed E-state index contributed by atoms with van der Waals surface area (Å²) in [5.41, 5.74) is 0. The molecule has 0 spiro atoms. The van der Waals surface area contributed by atoms with E-state index in [1.165, 1.54) is 19.3 Å². The summed E-state index contributed by atoms with van der Waals surface area (Å²) in [6.07, 6.45) is 4.79. The van der Waals surface area contributed by atoms with E-state index >= 15 is 0 Å². The molecule has 1 nitrogen and oxygen atoms in total. The summed E-state index contributed by atoms with van der Waals surface area (Å²) in [6, 6.07) is 0. The van der Waals surface area contributed by atoms with Gasteiger partial charge in [0.05, 0.1) is 6.10 Å². The summed E-state index contributed by atoms with van der Waals surface area (Å²) in [7, 11) is 0. The number of rotatable bonds is 2. The van der Waals surface area contributed by atoms with Crippen molar-refractivity contribution < 1.29 is 5.11 Å². The highest BCUT2D eigenvalue weighted by Crippen LogP contribution is 2.30. The van der Waals surface area contributed by atoms with Gasteiger partial charge < -0.3 is 5.11 Å². The Labute approximate surface area is 50.7 Å². The summed E-state index contributed by atoms with van der Waals surface area (Å²) >= 11 is 0. The second kappa shape index (κ2) is 2.49. The monoisotopic (exact) mass is 114 g/mol. The van der Waals surface area contributed by atoms with Crippen LogP contribution in [0.1, 0.15) is 32.6 Å². The lowest BCUT2D eigenvalue weighted by molar-refractivity contribution is 0.0597. The Balaban J connectivity index is 2.13. The zero-order valence-corrected chi connectivity index (χ0v) is 5.43. The van der Waals surface area contributed by atoms with E-state index in [-0.39, 0.29) is 6.10 Å². The maximum atomic E-state index is 9.18. The molecule has 0 aromatic carbocycles. The van der Waals surface area contributed by atoms with Gasteiger partial charge in [-0.2, -0.15) is 0 Å². The predicted molar refractivity (Wildman–Crippen MR) is 33.6 cm³/mol. The Morgan fingerprint density at radius 3 is 2.38 bits per heavy atom. The fourth-order valence-corrected chi connectivity index (χ4v) is 1.16. The molecule has 48 valence electrons. The van der Waals surface area contributed by atoms with Gasteiger partial charge in [-0.25, -0.2) is 0 Å². The smallest absolute Gasteiger partial charge is 0.0565 e. The summed E-state index contributed by atoms with van der Waals surface area (Å²) in [5.74, 6) is 0.653. The first-order chi connectivity index (χ1) is 3.84. The van der Waals surface area contributed by atoms with E-state index in [2.05, 4.69) is 0 Å². The van der Waals surface area contributed by atoms with Gasteiger partial charge in [0.1, 0.15) is 0 Å². The van der Waals surface area contributed by atoms with Crippen molar-refractivity contribution in [1.29, 1.82) is 0 Å². The van der Waals surface area contributed by atoms with Crippen LogP contribution in [-0.2, 0) is 0 Å². The molecule has 1 unspecified atom stereocenters. The molecule has 0 amide bonds. The zero-order chi connectivity index (χ0) is 5.98. The first kappa shape index (κ1) is 6.09. The van der Waals surface area contributed by atoms with Crippen LogP contribution in [0, 0.1) is 5.92 Å². The molecule has 1 saturated carbocycles. The van der Waals surface area contributed by atoms with Crippen LogP contribution < -0.4 is 0 Å². The van der Waals surface area contributed by atoms with E-state index in [4.69, 9.17) is 0 Å². The van der Waals surface area contributed by atoms with Crippen molar-refractivity contribution in [3.63, 3.8) is 0 Å². The van der Waals surface area contributed by atoms with E-state index in [9.17, 15) is 5.11 Å². The molecule has 0 bridgehead atoms. The van der Waals surface area contributed by atoms with Gasteiger partial charge in [-0.15, -0.1) is 0 Å². The molecule has 1 N–H and O–H groups in total. The van der Waals surface area contributed by atoms with Crippen LogP contribution in [-0.4, -0.2) is 11.2 Å². The van der Waals surface area contributed by atoms with Gasteiger partial charge in [0.2, 0.25) is 0 Å². The van der Waals surface area contributed by atoms with Crippen molar-refractivity contribution in [3.05, 3.63) is 0 Å². The van der Waals surface area contributed by atoms with Gasteiger partial charge in [0.15, 0.2) is 0 Å². The number of aliphatic hydroxyl groups is 1. The van der Waals surface area contributed by atoms with Gasteiger partial charge in [-0.3, -0.25) is 0 Å². The zero-order valence-electron chi connectivity index (χ0n) is 5.43. The van der Waals surface area contributed by atoms with Crippen LogP contribution in [0.25, 0.3) is 0 Å². The van der Waals surface area contributed by atoms with Crippen LogP contribution in [0.2, 0.25) is 0 Å². The quantitative estimate of drug-likeness (QED) is 0.577.